The number of aliphatic imine (C=N–C) groups is 1. The average Bonchev–Trinajstić information content (AvgIpc) is 3.46. The summed E-state index contributed by atoms with van der Waals surface area (Å²) in [6, 6.07) is 17.5. The molecule has 2 unspecified atom stereocenters. The molecule has 4 N–H and O–H groups in total. The number of nitrogens with two attached hydrogens (primary N) is 1. The van der Waals surface area contributed by atoms with E-state index in [-0.39, 0.29) is 11.6 Å². The molecule has 2 aromatic carbocycles. The van der Waals surface area contributed by atoms with Crippen LogP contribution < -0.4 is 21.3 Å². The number of nitrogens with one attached hydrogen (secondary N) is 2. The first-order valence-electron chi connectivity index (χ1n) is 10.3. The highest BCUT2D eigenvalue weighted by Crippen LogP contribution is 2.46. The Bertz CT molecular complexity index is 1100. The van der Waals surface area contributed by atoms with Crippen molar-refractivity contribution < 1.29 is 4.74 Å². The molecule has 2 fully saturated rings. The number of nitrogens with zero attached hydrogens (tertiary/aromatic N) is 1. The summed E-state index contributed by atoms with van der Waals surface area (Å²) >= 11 is 1.24. The second-order valence-corrected chi connectivity index (χ2v) is 8.87. The van der Waals surface area contributed by atoms with Crippen LogP contribution in [0, 0.1) is 11.8 Å². The summed E-state index contributed by atoms with van der Waals surface area (Å²) in [5, 5.41) is 3.98. The lowest BCUT2D eigenvalue weighted by Gasteiger charge is -2.18. The predicted octanol–water partition coefficient (Wildman–Crippen LogP) is 4.87. The quantitative estimate of drug-likeness (QED) is 0.392. The Morgan fingerprint density at radius 1 is 1.07 bits per heavy atom. The fraction of sp³-hybridized carbons (Fsp3) is 0.304. The molecule has 0 aliphatic heterocycles. The molecular weight excluding hydrogens is 396 g/mol. The lowest BCUT2D eigenvalue weighted by molar-refractivity contribution is 0.420. The standard InChI is InChI=1S/C23H24N4O2S/c24-21(26-19-13-14-6-7-15(19)12-14)20-22(28)27-30-23(20)25-16-8-10-18(11-9-16)29-17-4-2-1-3-5-17/h1-5,8-11,14-15,19,25H,6-7,12-13H2,(H2,24,26)(H,27,28)/t14?,15?,19-/m1/s1. The van der Waals surface area contributed by atoms with Crippen molar-refractivity contribution >= 4 is 28.1 Å². The Morgan fingerprint density at radius 2 is 1.83 bits per heavy atom. The van der Waals surface area contributed by atoms with Crippen LogP contribution in [-0.2, 0) is 0 Å². The van der Waals surface area contributed by atoms with Gasteiger partial charge in [0.25, 0.3) is 5.56 Å². The number of anilines is 2. The van der Waals surface area contributed by atoms with E-state index in [0.29, 0.717) is 22.3 Å². The Balaban J connectivity index is 1.32. The van der Waals surface area contributed by atoms with Crippen molar-refractivity contribution in [2.75, 3.05) is 5.32 Å². The van der Waals surface area contributed by atoms with Crippen LogP contribution in [0.1, 0.15) is 31.2 Å². The molecule has 1 heterocycles. The summed E-state index contributed by atoms with van der Waals surface area (Å²) < 4.78 is 8.61. The van der Waals surface area contributed by atoms with E-state index in [1.807, 2.05) is 54.6 Å². The van der Waals surface area contributed by atoms with Crippen molar-refractivity contribution in [2.45, 2.75) is 31.7 Å². The second-order valence-electron chi connectivity index (χ2n) is 8.06. The van der Waals surface area contributed by atoms with Gasteiger partial charge in [-0.2, -0.15) is 0 Å². The zero-order valence-electron chi connectivity index (χ0n) is 16.5. The van der Waals surface area contributed by atoms with Gasteiger partial charge in [0.2, 0.25) is 0 Å². The van der Waals surface area contributed by atoms with E-state index in [4.69, 9.17) is 15.5 Å². The van der Waals surface area contributed by atoms with Crippen LogP contribution in [0.3, 0.4) is 0 Å². The number of aromatic amines is 1. The molecule has 3 aromatic rings. The number of fused-ring (bicyclic) bond motifs is 2. The van der Waals surface area contributed by atoms with Gasteiger partial charge in [-0.3, -0.25) is 14.2 Å². The lowest BCUT2D eigenvalue weighted by Crippen LogP contribution is -2.26. The van der Waals surface area contributed by atoms with Crippen LogP contribution in [0.15, 0.2) is 64.4 Å². The maximum Gasteiger partial charge on any atom is 0.271 e. The topological polar surface area (TPSA) is 92.5 Å². The van der Waals surface area contributed by atoms with E-state index in [9.17, 15) is 4.79 Å². The molecule has 2 aliphatic carbocycles. The van der Waals surface area contributed by atoms with Gasteiger partial charge in [0.15, 0.2) is 0 Å². The third-order valence-electron chi connectivity index (χ3n) is 6.05. The Kier molecular flexibility index (Phi) is 5.04. The van der Waals surface area contributed by atoms with E-state index in [1.165, 1.54) is 30.8 Å². The molecule has 154 valence electrons. The highest BCUT2D eigenvalue weighted by molar-refractivity contribution is 7.10. The third kappa shape index (κ3) is 3.85. The molecule has 0 saturated heterocycles. The normalized spacial score (nSPS) is 22.9. The van der Waals surface area contributed by atoms with Gasteiger partial charge in [-0.15, -0.1) is 0 Å². The molecular formula is C23H24N4O2S. The number of amidine groups is 1. The van der Waals surface area contributed by atoms with Gasteiger partial charge in [-0.1, -0.05) is 24.6 Å². The molecule has 1 aromatic heterocycles. The SMILES string of the molecule is NC(=N[C@@H]1CC2CCC1C2)c1c(Nc2ccc(Oc3ccccc3)cc2)s[nH]c1=O. The summed E-state index contributed by atoms with van der Waals surface area (Å²) in [4.78, 5) is 17.1. The van der Waals surface area contributed by atoms with Crippen LogP contribution in [0.5, 0.6) is 11.5 Å². The van der Waals surface area contributed by atoms with E-state index in [0.717, 1.165) is 29.5 Å². The van der Waals surface area contributed by atoms with Crippen molar-refractivity contribution in [3.8, 4) is 11.5 Å². The van der Waals surface area contributed by atoms with Crippen molar-refractivity contribution in [1.82, 2.24) is 4.37 Å². The molecule has 7 heteroatoms. The first kappa shape index (κ1) is 18.9. The van der Waals surface area contributed by atoms with Gasteiger partial charge in [0, 0.05) is 5.69 Å². The first-order valence-corrected chi connectivity index (χ1v) is 11.1. The molecule has 3 atom stereocenters. The van der Waals surface area contributed by atoms with Crippen LogP contribution in [0.4, 0.5) is 10.7 Å². The van der Waals surface area contributed by atoms with E-state index < -0.39 is 0 Å². The maximum atomic E-state index is 12.4. The van der Waals surface area contributed by atoms with Gasteiger partial charge >= 0.3 is 0 Å². The fourth-order valence-corrected chi connectivity index (χ4v) is 5.36. The molecule has 5 rings (SSSR count). The molecule has 0 radical (unpaired) electrons. The summed E-state index contributed by atoms with van der Waals surface area (Å²) in [6.45, 7) is 0. The second kappa shape index (κ2) is 7.99. The summed E-state index contributed by atoms with van der Waals surface area (Å²) in [5.41, 5.74) is 7.38. The van der Waals surface area contributed by atoms with Crippen LogP contribution in [-0.4, -0.2) is 16.3 Å². The number of benzene rings is 2. The van der Waals surface area contributed by atoms with Gasteiger partial charge < -0.3 is 15.8 Å². The molecule has 0 amide bonds. The highest BCUT2D eigenvalue weighted by atomic mass is 32.1. The minimum atomic E-state index is -0.198. The lowest BCUT2D eigenvalue weighted by atomic mass is 9.96. The number of ether oxygens (including phenoxy) is 1. The summed E-state index contributed by atoms with van der Waals surface area (Å²) in [6.07, 6.45) is 4.89. The minimum Gasteiger partial charge on any atom is -0.457 e. The molecule has 6 nitrogen and oxygen atoms in total. The number of para-hydroxylation sites is 1. The summed E-state index contributed by atoms with van der Waals surface area (Å²) in [5.74, 6) is 3.27. The summed E-state index contributed by atoms with van der Waals surface area (Å²) in [7, 11) is 0. The van der Waals surface area contributed by atoms with Crippen LogP contribution in [0.25, 0.3) is 0 Å². The molecule has 2 saturated carbocycles. The van der Waals surface area contributed by atoms with Crippen LogP contribution in [0.2, 0.25) is 0 Å². The van der Waals surface area contributed by atoms with Crippen molar-refractivity contribution in [1.29, 1.82) is 0 Å². The number of rotatable bonds is 6. The third-order valence-corrected chi connectivity index (χ3v) is 6.85. The fourth-order valence-electron chi connectivity index (χ4n) is 4.60. The number of hydrogen-bond acceptors (Lipinski definition) is 5. The van der Waals surface area contributed by atoms with E-state index >= 15 is 0 Å². The molecule has 2 aliphatic rings. The smallest absolute Gasteiger partial charge is 0.271 e. The van der Waals surface area contributed by atoms with Crippen LogP contribution >= 0.6 is 11.5 Å². The van der Waals surface area contributed by atoms with E-state index in [2.05, 4.69) is 9.69 Å². The zero-order chi connectivity index (χ0) is 20.5. The maximum absolute atomic E-state index is 12.4. The van der Waals surface area contributed by atoms with E-state index in [1.54, 1.807) is 0 Å². The Morgan fingerprint density at radius 3 is 2.53 bits per heavy atom. The monoisotopic (exact) mass is 420 g/mol. The first-order chi connectivity index (χ1) is 14.7. The average molecular weight is 421 g/mol. The largest absolute Gasteiger partial charge is 0.457 e. The number of hydrogen-bond donors (Lipinski definition) is 3. The number of H-pyrrole nitrogens is 1. The molecule has 2 bridgehead atoms. The van der Waals surface area contributed by atoms with Crippen molar-refractivity contribution in [3.63, 3.8) is 0 Å². The molecule has 0 spiro atoms. The Labute approximate surface area is 179 Å². The predicted molar refractivity (Wildman–Crippen MR) is 121 cm³/mol. The van der Waals surface area contributed by atoms with Gasteiger partial charge in [-0.25, -0.2) is 0 Å². The zero-order valence-corrected chi connectivity index (χ0v) is 17.3. The minimum absolute atomic E-state index is 0.198. The highest BCUT2D eigenvalue weighted by Gasteiger charge is 2.39. The number of aromatic nitrogens is 1. The van der Waals surface area contributed by atoms with Gasteiger partial charge in [0.1, 0.15) is 27.9 Å². The molecule has 30 heavy (non-hydrogen) atoms. The van der Waals surface area contributed by atoms with Crippen molar-refractivity contribution in [3.05, 3.63) is 70.5 Å². The van der Waals surface area contributed by atoms with Gasteiger partial charge in [-0.05, 0) is 79.0 Å². The Hall–Kier alpha value is -3.06. The van der Waals surface area contributed by atoms with Crippen molar-refractivity contribution in [2.24, 2.45) is 22.6 Å². The van der Waals surface area contributed by atoms with Gasteiger partial charge in [0.05, 0.1) is 6.04 Å².